The first-order chi connectivity index (χ1) is 7.97. The number of nitrogens with zero attached hydrogens (tertiary/aromatic N) is 2. The lowest BCUT2D eigenvalue weighted by molar-refractivity contribution is 0.486. The van der Waals surface area contributed by atoms with E-state index in [2.05, 4.69) is 5.10 Å². The van der Waals surface area contributed by atoms with Crippen molar-refractivity contribution in [2.45, 2.75) is 18.9 Å². The minimum absolute atomic E-state index is 0.259. The van der Waals surface area contributed by atoms with E-state index < -0.39 is 5.54 Å². The summed E-state index contributed by atoms with van der Waals surface area (Å²) in [6.07, 6.45) is 4.33. The molecular weight excluding hydrogens is 217 g/mol. The molecule has 2 rings (SSSR count). The van der Waals surface area contributed by atoms with E-state index in [-0.39, 0.29) is 5.82 Å². The van der Waals surface area contributed by atoms with Gasteiger partial charge in [0.05, 0.1) is 6.20 Å². The lowest BCUT2D eigenvalue weighted by Gasteiger charge is -2.24. The van der Waals surface area contributed by atoms with Crippen molar-refractivity contribution in [1.82, 2.24) is 9.78 Å². The number of nitrogens with two attached hydrogens (primary N) is 1. The van der Waals surface area contributed by atoms with E-state index >= 15 is 0 Å². The number of hydrogen-bond donors (Lipinski definition) is 1. The molecule has 4 heteroatoms. The van der Waals surface area contributed by atoms with Gasteiger partial charge in [0.2, 0.25) is 0 Å². The van der Waals surface area contributed by atoms with Crippen LogP contribution < -0.4 is 5.73 Å². The van der Waals surface area contributed by atoms with Crippen molar-refractivity contribution in [2.75, 3.05) is 0 Å². The number of aryl methyl sites for hydroxylation is 1. The minimum atomic E-state index is -0.592. The van der Waals surface area contributed by atoms with Gasteiger partial charge in [0.25, 0.3) is 0 Å². The maximum atomic E-state index is 13.2. The predicted molar refractivity (Wildman–Crippen MR) is 64.9 cm³/mol. The van der Waals surface area contributed by atoms with Gasteiger partial charge < -0.3 is 5.73 Å². The summed E-state index contributed by atoms with van der Waals surface area (Å²) in [4.78, 5) is 0. The van der Waals surface area contributed by atoms with Crippen LogP contribution in [-0.4, -0.2) is 9.78 Å². The predicted octanol–water partition coefficient (Wildman–Crippen LogP) is 1.98. The van der Waals surface area contributed by atoms with Gasteiger partial charge in [-0.1, -0.05) is 12.1 Å². The van der Waals surface area contributed by atoms with E-state index in [4.69, 9.17) is 5.73 Å². The summed E-state index contributed by atoms with van der Waals surface area (Å²) in [5.74, 6) is -0.259. The zero-order valence-electron chi connectivity index (χ0n) is 10.0. The maximum absolute atomic E-state index is 13.2. The van der Waals surface area contributed by atoms with Crippen molar-refractivity contribution >= 4 is 0 Å². The molecule has 0 bridgehead atoms. The zero-order valence-corrected chi connectivity index (χ0v) is 10.0. The molecule has 1 heterocycles. The molecule has 0 aliphatic heterocycles. The molecule has 1 unspecified atom stereocenters. The average Bonchev–Trinajstić information content (AvgIpc) is 2.63. The molecule has 2 N–H and O–H groups in total. The fraction of sp³-hybridized carbons (Fsp3) is 0.308. The Labute approximate surface area is 100 Å². The van der Waals surface area contributed by atoms with Crippen molar-refractivity contribution in [3.05, 3.63) is 53.6 Å². The SMILES string of the molecule is Cn1cc(CC(C)(N)c2cccc(F)c2)cn1. The van der Waals surface area contributed by atoms with Crippen LogP contribution in [0, 0.1) is 5.82 Å². The highest BCUT2D eigenvalue weighted by Gasteiger charge is 2.22. The number of hydrogen-bond acceptors (Lipinski definition) is 2. The van der Waals surface area contributed by atoms with E-state index in [1.54, 1.807) is 16.9 Å². The molecule has 0 radical (unpaired) electrons. The number of benzene rings is 1. The molecule has 1 aromatic heterocycles. The molecule has 0 aliphatic carbocycles. The number of rotatable bonds is 3. The highest BCUT2D eigenvalue weighted by molar-refractivity contribution is 5.26. The molecule has 1 atom stereocenters. The van der Waals surface area contributed by atoms with Crippen LogP contribution >= 0.6 is 0 Å². The molecular formula is C13H16FN3. The Kier molecular flexibility index (Phi) is 2.98. The molecule has 3 nitrogen and oxygen atoms in total. The Morgan fingerprint density at radius 1 is 1.47 bits per heavy atom. The summed E-state index contributed by atoms with van der Waals surface area (Å²) in [5, 5.41) is 4.10. The third-order valence-electron chi connectivity index (χ3n) is 2.81. The molecule has 0 fully saturated rings. The van der Waals surface area contributed by atoms with Gasteiger partial charge in [-0.2, -0.15) is 5.10 Å². The van der Waals surface area contributed by atoms with Crippen molar-refractivity contribution in [3.63, 3.8) is 0 Å². The van der Waals surface area contributed by atoms with Crippen molar-refractivity contribution in [1.29, 1.82) is 0 Å². The first-order valence-corrected chi connectivity index (χ1v) is 5.50. The monoisotopic (exact) mass is 233 g/mol. The molecule has 0 aliphatic rings. The van der Waals surface area contributed by atoms with Crippen LogP contribution in [-0.2, 0) is 19.0 Å². The van der Waals surface area contributed by atoms with Gasteiger partial charge in [-0.25, -0.2) is 4.39 Å². The largest absolute Gasteiger partial charge is 0.321 e. The fourth-order valence-corrected chi connectivity index (χ4v) is 1.93. The van der Waals surface area contributed by atoms with E-state index in [1.165, 1.54) is 12.1 Å². The standard InChI is InChI=1S/C13H16FN3/c1-13(15,7-10-8-16-17(2)9-10)11-4-3-5-12(14)6-11/h3-6,8-9H,7,15H2,1-2H3. The highest BCUT2D eigenvalue weighted by Crippen LogP contribution is 2.23. The Morgan fingerprint density at radius 2 is 2.24 bits per heavy atom. The van der Waals surface area contributed by atoms with Crippen molar-refractivity contribution < 1.29 is 4.39 Å². The lowest BCUT2D eigenvalue weighted by Crippen LogP contribution is -2.35. The summed E-state index contributed by atoms with van der Waals surface area (Å²) < 4.78 is 14.9. The molecule has 90 valence electrons. The maximum Gasteiger partial charge on any atom is 0.123 e. The molecule has 17 heavy (non-hydrogen) atoms. The summed E-state index contributed by atoms with van der Waals surface area (Å²) >= 11 is 0. The molecule has 0 saturated heterocycles. The normalized spacial score (nSPS) is 14.6. The van der Waals surface area contributed by atoms with Crippen LogP contribution in [0.25, 0.3) is 0 Å². The lowest BCUT2D eigenvalue weighted by atomic mass is 9.87. The molecule has 2 aromatic rings. The average molecular weight is 233 g/mol. The first-order valence-electron chi connectivity index (χ1n) is 5.50. The van der Waals surface area contributed by atoms with Gasteiger partial charge in [0, 0.05) is 18.8 Å². The second-order valence-electron chi connectivity index (χ2n) is 4.63. The Balaban J connectivity index is 2.24. The van der Waals surface area contributed by atoms with Crippen molar-refractivity contribution in [3.8, 4) is 0 Å². The molecule has 0 amide bonds. The summed E-state index contributed by atoms with van der Waals surface area (Å²) in [6.45, 7) is 1.90. The van der Waals surface area contributed by atoms with E-state index in [1.807, 2.05) is 26.2 Å². The van der Waals surface area contributed by atoms with E-state index in [0.29, 0.717) is 6.42 Å². The van der Waals surface area contributed by atoms with Crippen LogP contribution in [0.1, 0.15) is 18.1 Å². The topological polar surface area (TPSA) is 43.8 Å². The van der Waals surface area contributed by atoms with Gasteiger partial charge >= 0.3 is 0 Å². The third-order valence-corrected chi connectivity index (χ3v) is 2.81. The summed E-state index contributed by atoms with van der Waals surface area (Å²) in [7, 11) is 1.86. The van der Waals surface area contributed by atoms with Crippen LogP contribution in [0.5, 0.6) is 0 Å². The van der Waals surface area contributed by atoms with Crippen LogP contribution in [0.2, 0.25) is 0 Å². The second kappa shape index (κ2) is 4.30. The van der Waals surface area contributed by atoms with Gasteiger partial charge in [0.1, 0.15) is 5.82 Å². The Hall–Kier alpha value is -1.68. The Bertz CT molecular complexity index is 517. The smallest absolute Gasteiger partial charge is 0.123 e. The van der Waals surface area contributed by atoms with Crippen LogP contribution in [0.3, 0.4) is 0 Å². The number of halogens is 1. The van der Waals surface area contributed by atoms with Gasteiger partial charge in [-0.05, 0) is 36.6 Å². The van der Waals surface area contributed by atoms with Crippen LogP contribution in [0.15, 0.2) is 36.7 Å². The zero-order chi connectivity index (χ0) is 12.5. The molecule has 0 spiro atoms. The third kappa shape index (κ3) is 2.71. The number of aromatic nitrogens is 2. The van der Waals surface area contributed by atoms with E-state index in [0.717, 1.165) is 11.1 Å². The van der Waals surface area contributed by atoms with Crippen LogP contribution in [0.4, 0.5) is 4.39 Å². The van der Waals surface area contributed by atoms with Crippen molar-refractivity contribution in [2.24, 2.45) is 12.8 Å². The second-order valence-corrected chi connectivity index (χ2v) is 4.63. The van der Waals surface area contributed by atoms with Gasteiger partial charge in [0.15, 0.2) is 0 Å². The quantitative estimate of drug-likeness (QED) is 0.881. The van der Waals surface area contributed by atoms with Gasteiger partial charge in [-0.3, -0.25) is 4.68 Å². The fourth-order valence-electron chi connectivity index (χ4n) is 1.93. The first kappa shape index (κ1) is 11.8. The molecule has 0 saturated carbocycles. The molecule has 1 aromatic carbocycles. The Morgan fingerprint density at radius 3 is 2.82 bits per heavy atom. The highest BCUT2D eigenvalue weighted by atomic mass is 19.1. The minimum Gasteiger partial charge on any atom is -0.321 e. The summed E-state index contributed by atoms with van der Waals surface area (Å²) in [5.41, 5.74) is 7.49. The van der Waals surface area contributed by atoms with E-state index in [9.17, 15) is 4.39 Å². The van der Waals surface area contributed by atoms with Gasteiger partial charge in [-0.15, -0.1) is 0 Å². The summed E-state index contributed by atoms with van der Waals surface area (Å²) in [6, 6.07) is 6.43.